The van der Waals surface area contributed by atoms with Crippen LogP contribution in [0.2, 0.25) is 0 Å². The molecule has 0 radical (unpaired) electrons. The fourth-order valence-electron chi connectivity index (χ4n) is 4.19. The molecule has 0 bridgehead atoms. The zero-order chi connectivity index (χ0) is 30.2. The van der Waals surface area contributed by atoms with Gasteiger partial charge in [-0.3, -0.25) is 4.79 Å². The molecule has 0 aliphatic carbocycles. The van der Waals surface area contributed by atoms with Crippen molar-refractivity contribution in [2.45, 2.75) is 12.1 Å². The summed E-state index contributed by atoms with van der Waals surface area (Å²) < 4.78 is 100. The summed E-state index contributed by atoms with van der Waals surface area (Å²) in [4.78, 5) is 26.0. The summed E-state index contributed by atoms with van der Waals surface area (Å²) in [5, 5.41) is 10.4. The summed E-state index contributed by atoms with van der Waals surface area (Å²) in [6.45, 7) is 0. The standard InChI is InChI=1S/C26H23F5O9/c1-35-13-8-7-11(9-14(13)36-2)16-17-12(10-15(37-3)21(38-4)22(17)39-5)20(32)19(18(16)24(34)40-6)23(33)25(27,28)26(29,30)31/h7-10,32H,1-6H3. The summed E-state index contributed by atoms with van der Waals surface area (Å²) in [5.74, 6) is -12.0. The lowest BCUT2D eigenvalue weighted by atomic mass is 9.85. The topological polar surface area (TPSA) is 110 Å². The molecule has 3 aromatic carbocycles. The summed E-state index contributed by atoms with van der Waals surface area (Å²) in [5.41, 5.74) is -3.20. The van der Waals surface area contributed by atoms with E-state index < -0.39 is 51.7 Å². The molecule has 9 nitrogen and oxygen atoms in total. The van der Waals surface area contributed by atoms with Gasteiger partial charge < -0.3 is 33.5 Å². The highest BCUT2D eigenvalue weighted by Gasteiger charge is 2.64. The van der Waals surface area contributed by atoms with Gasteiger partial charge in [0.2, 0.25) is 11.5 Å². The molecule has 216 valence electrons. The maximum absolute atomic E-state index is 14.5. The molecule has 0 aliphatic rings. The molecule has 0 saturated heterocycles. The van der Waals surface area contributed by atoms with Gasteiger partial charge in [0.15, 0.2) is 23.0 Å². The Balaban J connectivity index is 2.76. The number of alkyl halides is 5. The van der Waals surface area contributed by atoms with Crippen molar-refractivity contribution in [1.29, 1.82) is 0 Å². The Hall–Kier alpha value is -4.49. The lowest BCUT2D eigenvalue weighted by Crippen LogP contribution is -2.44. The van der Waals surface area contributed by atoms with Crippen LogP contribution in [0.25, 0.3) is 21.9 Å². The summed E-state index contributed by atoms with van der Waals surface area (Å²) >= 11 is 0. The first-order valence-electron chi connectivity index (χ1n) is 11.1. The molecular weight excluding hydrogens is 551 g/mol. The third-order valence-electron chi connectivity index (χ3n) is 6.00. The third-order valence-corrected chi connectivity index (χ3v) is 6.00. The van der Waals surface area contributed by atoms with E-state index in [0.717, 1.165) is 13.2 Å². The molecule has 0 unspecified atom stereocenters. The van der Waals surface area contributed by atoms with Gasteiger partial charge >= 0.3 is 18.1 Å². The smallest absolute Gasteiger partial charge is 0.461 e. The number of Topliss-reactive ketones (excluding diaryl/α,β-unsaturated/α-hetero) is 1. The first kappa shape index (κ1) is 30.1. The van der Waals surface area contributed by atoms with Gasteiger partial charge in [-0.1, -0.05) is 6.07 Å². The minimum atomic E-state index is -6.36. The molecule has 0 fully saturated rings. The molecule has 0 spiro atoms. The van der Waals surface area contributed by atoms with Crippen LogP contribution in [0.5, 0.6) is 34.5 Å². The molecule has 0 aliphatic heterocycles. The molecule has 1 N–H and O–H groups in total. The lowest BCUT2D eigenvalue weighted by Gasteiger charge is -2.24. The first-order valence-corrected chi connectivity index (χ1v) is 11.1. The molecule has 0 saturated carbocycles. The number of halogens is 5. The number of ether oxygens (including phenoxy) is 6. The molecule has 0 amide bonds. The predicted octanol–water partition coefficient (Wildman–Crippen LogP) is 5.42. The Morgan fingerprint density at radius 3 is 1.77 bits per heavy atom. The molecule has 14 heteroatoms. The van der Waals surface area contributed by atoms with Crippen LogP contribution in [0.3, 0.4) is 0 Å². The number of hydrogen-bond acceptors (Lipinski definition) is 9. The second-order valence-corrected chi connectivity index (χ2v) is 8.00. The van der Waals surface area contributed by atoms with Crippen LogP contribution in [0.15, 0.2) is 24.3 Å². The van der Waals surface area contributed by atoms with Crippen LogP contribution < -0.4 is 23.7 Å². The molecule has 0 atom stereocenters. The zero-order valence-electron chi connectivity index (χ0n) is 21.9. The van der Waals surface area contributed by atoms with Gasteiger partial charge in [-0.15, -0.1) is 0 Å². The second kappa shape index (κ2) is 10.9. The minimum absolute atomic E-state index is 0.0436. The minimum Gasteiger partial charge on any atom is -0.507 e. The molecular formula is C26H23F5O9. The van der Waals surface area contributed by atoms with Gasteiger partial charge in [0.1, 0.15) is 5.75 Å². The van der Waals surface area contributed by atoms with E-state index in [9.17, 15) is 36.6 Å². The van der Waals surface area contributed by atoms with Crippen molar-refractivity contribution in [3.63, 3.8) is 0 Å². The van der Waals surface area contributed by atoms with E-state index >= 15 is 0 Å². The van der Waals surface area contributed by atoms with Gasteiger partial charge in [0.25, 0.3) is 0 Å². The largest absolute Gasteiger partial charge is 0.507 e. The van der Waals surface area contributed by atoms with E-state index in [1.54, 1.807) is 0 Å². The van der Waals surface area contributed by atoms with Crippen LogP contribution in [-0.4, -0.2) is 71.6 Å². The summed E-state index contributed by atoms with van der Waals surface area (Å²) in [6.07, 6.45) is -6.36. The Morgan fingerprint density at radius 1 is 0.725 bits per heavy atom. The van der Waals surface area contributed by atoms with Crippen molar-refractivity contribution >= 4 is 22.5 Å². The van der Waals surface area contributed by atoms with Crippen LogP contribution >= 0.6 is 0 Å². The monoisotopic (exact) mass is 574 g/mol. The van der Waals surface area contributed by atoms with E-state index in [0.29, 0.717) is 0 Å². The van der Waals surface area contributed by atoms with E-state index in [-0.39, 0.29) is 39.7 Å². The number of fused-ring (bicyclic) bond motifs is 1. The number of methoxy groups -OCH3 is 6. The lowest BCUT2D eigenvalue weighted by molar-refractivity contribution is -0.255. The van der Waals surface area contributed by atoms with Crippen molar-refractivity contribution in [3.05, 3.63) is 35.4 Å². The number of esters is 1. The van der Waals surface area contributed by atoms with Crippen molar-refractivity contribution in [2.24, 2.45) is 0 Å². The van der Waals surface area contributed by atoms with Crippen LogP contribution in [-0.2, 0) is 4.74 Å². The number of carbonyl (C=O) groups is 2. The van der Waals surface area contributed by atoms with Gasteiger partial charge in [0, 0.05) is 16.3 Å². The zero-order valence-corrected chi connectivity index (χ0v) is 21.9. The highest BCUT2D eigenvalue weighted by atomic mass is 19.4. The van der Waals surface area contributed by atoms with Crippen molar-refractivity contribution in [3.8, 4) is 45.6 Å². The molecule has 40 heavy (non-hydrogen) atoms. The average Bonchev–Trinajstić information content (AvgIpc) is 2.93. The SMILES string of the molecule is COC(=O)c1c(C(=O)C(F)(F)C(F)(F)F)c(O)c2cc(OC)c(OC)c(OC)c2c1-c1ccc(OC)c(OC)c1. The Labute approximate surface area is 223 Å². The maximum atomic E-state index is 14.5. The Bertz CT molecular complexity index is 1480. The summed E-state index contributed by atoms with van der Waals surface area (Å²) in [6, 6.07) is 4.96. The number of carbonyl (C=O) groups excluding carboxylic acids is 2. The van der Waals surface area contributed by atoms with Gasteiger partial charge in [-0.25, -0.2) is 4.79 Å². The third kappa shape index (κ3) is 4.62. The second-order valence-electron chi connectivity index (χ2n) is 8.00. The highest BCUT2D eigenvalue weighted by molar-refractivity contribution is 6.23. The number of hydrogen-bond donors (Lipinski definition) is 1. The van der Waals surface area contributed by atoms with Crippen LogP contribution in [0.4, 0.5) is 22.0 Å². The Morgan fingerprint density at radius 2 is 1.30 bits per heavy atom. The number of phenolic OH excluding ortho intramolecular Hbond substituents is 1. The van der Waals surface area contributed by atoms with E-state index in [4.69, 9.17) is 23.7 Å². The fraction of sp³-hybridized carbons (Fsp3) is 0.308. The number of ketones is 1. The van der Waals surface area contributed by atoms with Gasteiger partial charge in [0.05, 0.1) is 53.8 Å². The Kier molecular flexibility index (Phi) is 8.22. The van der Waals surface area contributed by atoms with E-state index in [1.165, 1.54) is 53.7 Å². The van der Waals surface area contributed by atoms with E-state index in [2.05, 4.69) is 4.74 Å². The predicted molar refractivity (Wildman–Crippen MR) is 130 cm³/mol. The average molecular weight is 574 g/mol. The maximum Gasteiger partial charge on any atom is 0.461 e. The normalized spacial score (nSPS) is 11.7. The van der Waals surface area contributed by atoms with Crippen molar-refractivity contribution in [1.82, 2.24) is 0 Å². The highest BCUT2D eigenvalue weighted by Crippen LogP contribution is 2.53. The first-order chi connectivity index (χ1) is 18.7. The van der Waals surface area contributed by atoms with Crippen LogP contribution in [0.1, 0.15) is 20.7 Å². The van der Waals surface area contributed by atoms with Crippen molar-refractivity contribution < 1.29 is 65.1 Å². The molecule has 0 heterocycles. The number of rotatable bonds is 9. The molecule has 0 aromatic heterocycles. The quantitative estimate of drug-likeness (QED) is 0.204. The number of phenols is 1. The number of aromatic hydroxyl groups is 1. The van der Waals surface area contributed by atoms with E-state index in [1.807, 2.05) is 0 Å². The summed E-state index contributed by atoms with van der Waals surface area (Å²) in [7, 11) is 6.98. The van der Waals surface area contributed by atoms with Gasteiger partial charge in [-0.05, 0) is 23.8 Å². The number of benzene rings is 3. The van der Waals surface area contributed by atoms with Crippen molar-refractivity contribution in [2.75, 3.05) is 42.7 Å². The van der Waals surface area contributed by atoms with Crippen LogP contribution in [0, 0.1) is 0 Å². The molecule has 3 aromatic rings. The fourth-order valence-corrected chi connectivity index (χ4v) is 4.19. The van der Waals surface area contributed by atoms with Gasteiger partial charge in [-0.2, -0.15) is 22.0 Å². The molecule has 3 rings (SSSR count).